The number of carbonyl (C=O) groups excluding carboxylic acids is 1. The first kappa shape index (κ1) is 34.1. The van der Waals surface area contributed by atoms with Crippen LogP contribution >= 0.6 is 0 Å². The van der Waals surface area contributed by atoms with Crippen molar-refractivity contribution in [1.29, 1.82) is 0 Å². The second-order valence-electron chi connectivity index (χ2n) is 18.7. The van der Waals surface area contributed by atoms with Crippen LogP contribution in [0.15, 0.2) is 30.3 Å². The highest BCUT2D eigenvalue weighted by atomic mass is 16.4. The van der Waals surface area contributed by atoms with Gasteiger partial charge in [0.05, 0.1) is 24.8 Å². The number of rotatable bonds is 7. The molecule has 0 saturated heterocycles. The van der Waals surface area contributed by atoms with E-state index in [-0.39, 0.29) is 46.4 Å². The second-order valence-corrected chi connectivity index (χ2v) is 18.7. The zero-order valence-electron chi connectivity index (χ0n) is 30.2. The topological polar surface area (TPSA) is 119 Å². The quantitative estimate of drug-likeness (QED) is 0.206. The van der Waals surface area contributed by atoms with E-state index in [2.05, 4.69) is 58.3 Å². The van der Waals surface area contributed by atoms with E-state index < -0.39 is 12.0 Å². The molecule has 1 aromatic carbocycles. The summed E-state index contributed by atoms with van der Waals surface area (Å²) in [5.74, 6) is 1.90. The molecule has 0 radical (unpaired) electrons. The summed E-state index contributed by atoms with van der Waals surface area (Å²) < 4.78 is 0. The molecule has 2 unspecified atom stereocenters. The highest BCUT2D eigenvalue weighted by Crippen LogP contribution is 2.78. The van der Waals surface area contributed by atoms with Crippen molar-refractivity contribution in [3.63, 3.8) is 0 Å². The van der Waals surface area contributed by atoms with Gasteiger partial charge in [-0.3, -0.25) is 0 Å². The summed E-state index contributed by atoms with van der Waals surface area (Å²) in [6.07, 6.45) is 15.3. The van der Waals surface area contributed by atoms with Crippen LogP contribution in [-0.2, 0) is 0 Å². The van der Waals surface area contributed by atoms with Gasteiger partial charge < -0.3 is 26.0 Å². The van der Waals surface area contributed by atoms with Crippen LogP contribution in [0.3, 0.4) is 0 Å². The normalized spacial score (nSPS) is 42.0. The average molecular weight is 661 g/mol. The van der Waals surface area contributed by atoms with Gasteiger partial charge in [-0.15, -0.1) is 0 Å². The van der Waals surface area contributed by atoms with Crippen molar-refractivity contribution in [2.45, 2.75) is 124 Å². The lowest BCUT2D eigenvalue weighted by molar-refractivity contribution is -0.221. The third kappa shape index (κ3) is 4.79. The Balaban J connectivity index is 1.20. The first-order valence-electron chi connectivity index (χ1n) is 18.9. The van der Waals surface area contributed by atoms with Gasteiger partial charge in [-0.05, 0) is 151 Å². The summed E-state index contributed by atoms with van der Waals surface area (Å²) in [5.41, 5.74) is 3.56. The van der Waals surface area contributed by atoms with E-state index in [9.17, 15) is 24.9 Å². The fourth-order valence-electron chi connectivity index (χ4n) is 13.6. The molecule has 6 aliphatic rings. The van der Waals surface area contributed by atoms with Crippen LogP contribution in [0.5, 0.6) is 0 Å². The molecule has 6 aliphatic carbocycles. The molecule has 0 heterocycles. The first-order chi connectivity index (χ1) is 22.6. The zero-order chi connectivity index (χ0) is 34.5. The number of carbonyl (C=O) groups is 2. The molecule has 5 fully saturated rings. The van der Waals surface area contributed by atoms with Crippen LogP contribution in [0, 0.1) is 56.7 Å². The predicted octanol–water partition coefficient (Wildman–Crippen LogP) is 7.66. The van der Waals surface area contributed by atoms with Crippen molar-refractivity contribution >= 4 is 17.6 Å². The SMILES string of the molecule is CC1([C@@H]2CC[C@]3(NC(=O)NC(CO)CO)CC[C@]4(C)[C@H](CCC5[C@@]6(C)CC=C(c7ccc(C(=O)O)cc7)C(C)(C)[C@@H]6CC[C@]54C)C23)CC1. The Morgan fingerprint density at radius 3 is 2.10 bits per heavy atom. The lowest BCUT2D eigenvalue weighted by atomic mass is 9.32. The molecule has 0 spiro atoms. The van der Waals surface area contributed by atoms with Crippen LogP contribution in [0.2, 0.25) is 0 Å². The number of aromatic carboxylic acids is 1. The van der Waals surface area contributed by atoms with Crippen LogP contribution in [-0.4, -0.2) is 52.1 Å². The Hall–Kier alpha value is -2.38. The van der Waals surface area contributed by atoms with E-state index in [0.29, 0.717) is 40.6 Å². The van der Waals surface area contributed by atoms with Crippen molar-refractivity contribution in [2.24, 2.45) is 56.7 Å². The number of urea groups is 1. The molecule has 9 atom stereocenters. The summed E-state index contributed by atoms with van der Waals surface area (Å²) in [6.45, 7) is 14.7. The maximum Gasteiger partial charge on any atom is 0.335 e. The Labute approximate surface area is 287 Å². The van der Waals surface area contributed by atoms with Crippen LogP contribution in [0.4, 0.5) is 4.79 Å². The van der Waals surface area contributed by atoms with Gasteiger partial charge in [-0.1, -0.05) is 59.8 Å². The predicted molar refractivity (Wildman–Crippen MR) is 188 cm³/mol. The summed E-state index contributed by atoms with van der Waals surface area (Å²) >= 11 is 0. The van der Waals surface area contributed by atoms with Crippen molar-refractivity contribution < 1.29 is 24.9 Å². The van der Waals surface area contributed by atoms with Gasteiger partial charge in [0.25, 0.3) is 0 Å². The van der Waals surface area contributed by atoms with E-state index in [1.807, 2.05) is 12.1 Å². The number of hydrogen-bond donors (Lipinski definition) is 5. The van der Waals surface area contributed by atoms with E-state index in [4.69, 9.17) is 0 Å². The lowest BCUT2D eigenvalue weighted by Gasteiger charge is -2.72. The first-order valence-corrected chi connectivity index (χ1v) is 18.9. The van der Waals surface area contributed by atoms with Gasteiger partial charge in [0.2, 0.25) is 0 Å². The fourth-order valence-corrected chi connectivity index (χ4v) is 13.6. The Morgan fingerprint density at radius 1 is 0.792 bits per heavy atom. The minimum absolute atomic E-state index is 0.0199. The van der Waals surface area contributed by atoms with E-state index >= 15 is 0 Å². The number of fused-ring (bicyclic) bond motifs is 7. The molecule has 7 rings (SSSR count). The number of hydrogen-bond acceptors (Lipinski definition) is 4. The number of allylic oxidation sites excluding steroid dienone is 2. The molecular weight excluding hydrogens is 600 g/mol. The number of aliphatic hydroxyl groups excluding tert-OH is 2. The average Bonchev–Trinajstić information content (AvgIpc) is 3.67. The number of amides is 2. The fraction of sp³-hybridized carbons (Fsp3) is 0.756. The van der Waals surface area contributed by atoms with Gasteiger partial charge in [0.1, 0.15) is 0 Å². The Morgan fingerprint density at radius 2 is 1.48 bits per heavy atom. The van der Waals surface area contributed by atoms with E-state index in [1.54, 1.807) is 12.1 Å². The third-order valence-corrected chi connectivity index (χ3v) is 16.5. The number of carboxylic acids is 1. The molecule has 5 saturated carbocycles. The molecule has 0 aliphatic heterocycles. The van der Waals surface area contributed by atoms with Gasteiger partial charge in [-0.25, -0.2) is 9.59 Å². The summed E-state index contributed by atoms with van der Waals surface area (Å²) in [7, 11) is 0. The molecule has 48 heavy (non-hydrogen) atoms. The maximum atomic E-state index is 13.4. The molecule has 1 aromatic rings. The van der Waals surface area contributed by atoms with Gasteiger partial charge >= 0.3 is 12.0 Å². The molecule has 0 aromatic heterocycles. The Bertz CT molecular complexity index is 1480. The second kappa shape index (κ2) is 11.3. The lowest BCUT2D eigenvalue weighted by Crippen LogP contribution is -2.69. The smallest absolute Gasteiger partial charge is 0.335 e. The highest BCUT2D eigenvalue weighted by Gasteiger charge is 2.72. The van der Waals surface area contributed by atoms with Crippen molar-refractivity contribution in [2.75, 3.05) is 13.2 Å². The molecule has 264 valence electrons. The molecule has 7 heteroatoms. The summed E-state index contributed by atoms with van der Waals surface area (Å²) in [6, 6.07) is 6.63. The number of aliphatic hydroxyl groups is 2. The van der Waals surface area contributed by atoms with Crippen LogP contribution in [0.25, 0.3) is 5.57 Å². The maximum absolute atomic E-state index is 13.4. The number of nitrogens with one attached hydrogen (secondary N) is 2. The van der Waals surface area contributed by atoms with E-state index in [0.717, 1.165) is 31.2 Å². The molecule has 0 bridgehead atoms. The minimum atomic E-state index is -0.882. The van der Waals surface area contributed by atoms with Crippen molar-refractivity contribution in [1.82, 2.24) is 10.6 Å². The Kier molecular flexibility index (Phi) is 8.04. The number of benzene rings is 1. The minimum Gasteiger partial charge on any atom is -0.478 e. The largest absolute Gasteiger partial charge is 0.478 e. The third-order valence-electron chi connectivity index (χ3n) is 16.5. The molecule has 7 nitrogen and oxygen atoms in total. The van der Waals surface area contributed by atoms with E-state index in [1.165, 1.54) is 50.5 Å². The highest BCUT2D eigenvalue weighted by molar-refractivity contribution is 5.88. The monoisotopic (exact) mass is 660 g/mol. The standard InChI is InChI=1S/C41H60N2O5/c1-36(2)28(25-7-9-26(10-8-25)34(46)47)13-16-38(4)31(36)15-17-40(6)32(38)12-11-30-33-29(37(3)19-20-37)14-18-41(33,22-21-39(30,40)5)43-35(48)42-27(23-44)24-45/h7-10,13,27,29-33,44-45H,11-12,14-24H2,1-6H3,(H,46,47)(H2,42,43,48)/t29-,30-,31+,32?,33?,38+,39-,40-,41+/m1/s1. The zero-order valence-corrected chi connectivity index (χ0v) is 30.2. The van der Waals surface area contributed by atoms with Crippen LogP contribution in [0.1, 0.15) is 128 Å². The van der Waals surface area contributed by atoms with Gasteiger partial charge in [0.15, 0.2) is 0 Å². The van der Waals surface area contributed by atoms with Crippen molar-refractivity contribution in [3.05, 3.63) is 41.5 Å². The van der Waals surface area contributed by atoms with Gasteiger partial charge in [0, 0.05) is 5.54 Å². The van der Waals surface area contributed by atoms with Crippen LogP contribution < -0.4 is 10.6 Å². The molecule has 5 N–H and O–H groups in total. The van der Waals surface area contributed by atoms with Gasteiger partial charge in [-0.2, -0.15) is 0 Å². The number of carboxylic acid groups (broad SMARTS) is 1. The molecule has 2 amide bonds. The summed E-state index contributed by atoms with van der Waals surface area (Å²) in [4.78, 5) is 25.0. The van der Waals surface area contributed by atoms with Crippen molar-refractivity contribution in [3.8, 4) is 0 Å². The molecular formula is C41H60N2O5. The summed E-state index contributed by atoms with van der Waals surface area (Å²) in [5, 5.41) is 35.2.